The third kappa shape index (κ3) is 7.54. The normalized spacial score (nSPS) is 9.83. The Hall–Kier alpha value is -0.570. The topological polar surface area (TPSA) is 38.3 Å². The van der Waals surface area contributed by atoms with E-state index in [4.69, 9.17) is 4.74 Å². The van der Waals surface area contributed by atoms with Crippen LogP contribution in [0, 0.1) is 0 Å². The molecule has 0 aliphatic rings. The zero-order valence-electron chi connectivity index (χ0n) is 8.06. The molecule has 0 saturated heterocycles. The smallest absolute Gasteiger partial charge is 0.219 e. The average molecular weight is 173 g/mol. The molecule has 0 atom stereocenters. The van der Waals surface area contributed by atoms with Gasteiger partial charge in [-0.1, -0.05) is 6.92 Å². The molecule has 0 rings (SSSR count). The molecule has 1 amide bonds. The molecule has 0 aliphatic carbocycles. The number of amides is 1. The summed E-state index contributed by atoms with van der Waals surface area (Å²) in [5.41, 5.74) is 0. The fourth-order valence-corrected chi connectivity index (χ4v) is 0.826. The van der Waals surface area contributed by atoms with Gasteiger partial charge in [-0.25, -0.2) is 0 Å². The van der Waals surface area contributed by atoms with Gasteiger partial charge in [-0.2, -0.15) is 0 Å². The van der Waals surface area contributed by atoms with Gasteiger partial charge >= 0.3 is 0 Å². The minimum absolute atomic E-state index is 0.131. The summed E-state index contributed by atoms with van der Waals surface area (Å²) in [5.74, 6) is 0.131. The Balaban J connectivity index is 2.95. The van der Waals surface area contributed by atoms with Crippen molar-refractivity contribution >= 4 is 5.91 Å². The highest BCUT2D eigenvalue weighted by Gasteiger charge is 1.94. The Labute approximate surface area is 74.5 Å². The molecule has 0 radical (unpaired) electrons. The van der Waals surface area contributed by atoms with Gasteiger partial charge in [-0.3, -0.25) is 4.79 Å². The van der Waals surface area contributed by atoms with E-state index in [9.17, 15) is 4.79 Å². The number of unbranched alkanes of at least 4 members (excludes halogenated alkanes) is 1. The second kappa shape index (κ2) is 8.53. The van der Waals surface area contributed by atoms with Crippen molar-refractivity contribution in [3.05, 3.63) is 0 Å². The van der Waals surface area contributed by atoms with Crippen LogP contribution in [0.1, 0.15) is 33.1 Å². The van der Waals surface area contributed by atoms with Crippen molar-refractivity contribution in [1.82, 2.24) is 5.32 Å². The van der Waals surface area contributed by atoms with E-state index < -0.39 is 0 Å². The highest BCUT2D eigenvalue weighted by molar-refractivity contribution is 5.75. The zero-order valence-corrected chi connectivity index (χ0v) is 8.06. The predicted molar refractivity (Wildman–Crippen MR) is 49.0 cm³/mol. The van der Waals surface area contributed by atoms with Crippen LogP contribution in [0.4, 0.5) is 0 Å². The van der Waals surface area contributed by atoms with Gasteiger partial charge in [0.25, 0.3) is 0 Å². The Morgan fingerprint density at radius 3 is 2.67 bits per heavy atom. The third-order valence-electron chi connectivity index (χ3n) is 1.56. The highest BCUT2D eigenvalue weighted by Crippen LogP contribution is 1.88. The Morgan fingerprint density at radius 1 is 1.33 bits per heavy atom. The molecule has 72 valence electrons. The molecule has 0 aromatic carbocycles. The molecule has 1 N–H and O–H groups in total. The van der Waals surface area contributed by atoms with E-state index in [0.717, 1.165) is 32.6 Å². The molecule has 0 fully saturated rings. The fraction of sp³-hybridized carbons (Fsp3) is 0.889. The first-order valence-electron chi connectivity index (χ1n) is 4.65. The van der Waals surface area contributed by atoms with Crippen LogP contribution >= 0.6 is 0 Å². The van der Waals surface area contributed by atoms with E-state index in [0.29, 0.717) is 6.42 Å². The van der Waals surface area contributed by atoms with Gasteiger partial charge in [0.05, 0.1) is 0 Å². The summed E-state index contributed by atoms with van der Waals surface area (Å²) in [6.45, 7) is 6.20. The van der Waals surface area contributed by atoms with Crippen molar-refractivity contribution in [1.29, 1.82) is 0 Å². The molecule has 3 heteroatoms. The van der Waals surface area contributed by atoms with Crippen LogP contribution in [0.25, 0.3) is 0 Å². The third-order valence-corrected chi connectivity index (χ3v) is 1.56. The van der Waals surface area contributed by atoms with Crippen LogP contribution in [-0.4, -0.2) is 25.7 Å². The Kier molecular flexibility index (Phi) is 8.12. The second-order valence-corrected chi connectivity index (χ2v) is 2.61. The molecular formula is C9H19NO2. The van der Waals surface area contributed by atoms with Crippen molar-refractivity contribution in [3.8, 4) is 0 Å². The van der Waals surface area contributed by atoms with Crippen molar-refractivity contribution in [2.75, 3.05) is 19.8 Å². The predicted octanol–water partition coefficient (Wildman–Crippen LogP) is 1.33. The number of carbonyl (C=O) groups is 1. The molecule has 0 bridgehead atoms. The average Bonchev–Trinajstić information content (AvgIpc) is 2.10. The van der Waals surface area contributed by atoms with Gasteiger partial charge in [0, 0.05) is 26.2 Å². The molecule has 0 aromatic heterocycles. The van der Waals surface area contributed by atoms with Crippen molar-refractivity contribution in [2.45, 2.75) is 33.1 Å². The summed E-state index contributed by atoms with van der Waals surface area (Å²) in [5, 5.41) is 2.81. The first kappa shape index (κ1) is 11.4. The van der Waals surface area contributed by atoms with Crippen LogP contribution in [0.2, 0.25) is 0 Å². The molecule has 12 heavy (non-hydrogen) atoms. The minimum Gasteiger partial charge on any atom is -0.382 e. The van der Waals surface area contributed by atoms with E-state index in [2.05, 4.69) is 5.32 Å². The zero-order chi connectivity index (χ0) is 9.23. The van der Waals surface area contributed by atoms with Crippen molar-refractivity contribution in [3.63, 3.8) is 0 Å². The molecule has 0 heterocycles. The summed E-state index contributed by atoms with van der Waals surface area (Å²) >= 11 is 0. The van der Waals surface area contributed by atoms with Crippen molar-refractivity contribution in [2.24, 2.45) is 0 Å². The van der Waals surface area contributed by atoms with Crippen LogP contribution in [0.15, 0.2) is 0 Å². The number of ether oxygens (including phenoxy) is 1. The summed E-state index contributed by atoms with van der Waals surface area (Å²) in [6.07, 6.45) is 2.61. The number of rotatable bonds is 7. The van der Waals surface area contributed by atoms with Crippen LogP contribution < -0.4 is 5.32 Å². The first-order chi connectivity index (χ1) is 5.81. The Morgan fingerprint density at radius 2 is 2.08 bits per heavy atom. The second-order valence-electron chi connectivity index (χ2n) is 2.61. The van der Waals surface area contributed by atoms with Gasteiger partial charge in [0.1, 0.15) is 0 Å². The van der Waals surface area contributed by atoms with Gasteiger partial charge in [-0.15, -0.1) is 0 Å². The SMILES string of the molecule is CCOCCCCNC(=O)CC. The lowest BCUT2D eigenvalue weighted by Crippen LogP contribution is -2.23. The maximum atomic E-state index is 10.8. The van der Waals surface area contributed by atoms with Gasteiger partial charge in [-0.05, 0) is 19.8 Å². The molecule has 0 unspecified atom stereocenters. The summed E-state index contributed by atoms with van der Waals surface area (Å²) < 4.78 is 5.15. The van der Waals surface area contributed by atoms with Crippen LogP contribution in [-0.2, 0) is 9.53 Å². The molecule has 0 aromatic rings. The number of nitrogens with one attached hydrogen (secondary N) is 1. The van der Waals surface area contributed by atoms with Gasteiger partial charge in [0.15, 0.2) is 0 Å². The summed E-state index contributed by atoms with van der Waals surface area (Å²) in [7, 11) is 0. The van der Waals surface area contributed by atoms with Crippen molar-refractivity contribution < 1.29 is 9.53 Å². The standard InChI is InChI=1S/C9H19NO2/c1-3-9(11)10-7-5-6-8-12-4-2/h3-8H2,1-2H3,(H,10,11). The lowest BCUT2D eigenvalue weighted by Gasteiger charge is -2.03. The molecule has 3 nitrogen and oxygen atoms in total. The number of hydrogen-bond acceptors (Lipinski definition) is 2. The molecule has 0 spiro atoms. The van der Waals surface area contributed by atoms with Gasteiger partial charge < -0.3 is 10.1 Å². The minimum atomic E-state index is 0.131. The molecule has 0 saturated carbocycles. The Bertz CT molecular complexity index is 115. The summed E-state index contributed by atoms with van der Waals surface area (Å²) in [6, 6.07) is 0. The summed E-state index contributed by atoms with van der Waals surface area (Å²) in [4.78, 5) is 10.8. The fourth-order valence-electron chi connectivity index (χ4n) is 0.826. The lowest BCUT2D eigenvalue weighted by atomic mass is 10.3. The van der Waals surface area contributed by atoms with Crippen LogP contribution in [0.5, 0.6) is 0 Å². The quantitative estimate of drug-likeness (QED) is 0.590. The molecule has 0 aliphatic heterocycles. The van der Waals surface area contributed by atoms with E-state index in [1.165, 1.54) is 0 Å². The van der Waals surface area contributed by atoms with E-state index in [-0.39, 0.29) is 5.91 Å². The lowest BCUT2D eigenvalue weighted by molar-refractivity contribution is -0.120. The number of carbonyl (C=O) groups excluding carboxylic acids is 1. The highest BCUT2D eigenvalue weighted by atomic mass is 16.5. The first-order valence-corrected chi connectivity index (χ1v) is 4.65. The van der Waals surface area contributed by atoms with Gasteiger partial charge in [0.2, 0.25) is 5.91 Å². The maximum absolute atomic E-state index is 10.8. The van der Waals surface area contributed by atoms with Crippen LogP contribution in [0.3, 0.4) is 0 Å². The maximum Gasteiger partial charge on any atom is 0.219 e. The largest absolute Gasteiger partial charge is 0.382 e. The van der Waals surface area contributed by atoms with E-state index in [1.54, 1.807) is 0 Å². The van der Waals surface area contributed by atoms with E-state index in [1.807, 2.05) is 13.8 Å². The molecular weight excluding hydrogens is 154 g/mol. The monoisotopic (exact) mass is 173 g/mol. The number of hydrogen-bond donors (Lipinski definition) is 1. The van der Waals surface area contributed by atoms with E-state index >= 15 is 0 Å².